The van der Waals surface area contributed by atoms with E-state index < -0.39 is 6.04 Å². The van der Waals surface area contributed by atoms with Crippen molar-refractivity contribution in [1.29, 1.82) is 0 Å². The lowest BCUT2D eigenvalue weighted by Gasteiger charge is -2.32. The highest BCUT2D eigenvalue weighted by Gasteiger charge is 2.29. The molecule has 1 atom stereocenters. The summed E-state index contributed by atoms with van der Waals surface area (Å²) in [5.74, 6) is 0.00798. The molecule has 3 rings (SSSR count). The molecule has 0 aromatic heterocycles. The summed E-state index contributed by atoms with van der Waals surface area (Å²) in [5.41, 5.74) is 1.82. The second-order valence-corrected chi connectivity index (χ2v) is 5.68. The van der Waals surface area contributed by atoms with E-state index in [-0.39, 0.29) is 18.2 Å². The van der Waals surface area contributed by atoms with E-state index in [1.54, 1.807) is 0 Å². The average molecular weight is 316 g/mol. The fraction of sp³-hybridized carbons (Fsp3) is 0.438. The van der Waals surface area contributed by atoms with Gasteiger partial charge in [0.05, 0.1) is 19.6 Å². The number of benzene rings is 1. The molecule has 2 aliphatic rings. The molecule has 0 aliphatic carbocycles. The number of nitrogens with one attached hydrogen (secondary N) is 2. The van der Waals surface area contributed by atoms with Crippen LogP contribution < -0.4 is 10.6 Å². The van der Waals surface area contributed by atoms with Crippen molar-refractivity contribution in [3.05, 3.63) is 29.8 Å². The number of nitrogens with zero attached hydrogens (tertiary/aromatic N) is 2. The van der Waals surface area contributed by atoms with Crippen molar-refractivity contribution in [2.75, 3.05) is 31.6 Å². The molecule has 0 spiro atoms. The van der Waals surface area contributed by atoms with Crippen LogP contribution in [0.15, 0.2) is 29.3 Å². The van der Waals surface area contributed by atoms with Crippen molar-refractivity contribution in [1.82, 2.24) is 10.2 Å². The smallest absolute Gasteiger partial charge is 0.249 e. The first-order valence-corrected chi connectivity index (χ1v) is 7.70. The number of carbonyl (C=O) groups excluding carboxylic acids is 2. The predicted molar refractivity (Wildman–Crippen MR) is 86.2 cm³/mol. The van der Waals surface area contributed by atoms with Crippen LogP contribution in [0, 0.1) is 6.92 Å². The Labute approximate surface area is 134 Å². The third-order valence-electron chi connectivity index (χ3n) is 3.84. The maximum Gasteiger partial charge on any atom is 0.249 e. The molecule has 1 fully saturated rings. The average Bonchev–Trinajstić information content (AvgIpc) is 2.57. The maximum atomic E-state index is 12.4. The zero-order chi connectivity index (χ0) is 16.2. The highest BCUT2D eigenvalue weighted by Crippen LogP contribution is 2.13. The van der Waals surface area contributed by atoms with Crippen LogP contribution in [0.25, 0.3) is 0 Å². The molecule has 1 saturated heterocycles. The fourth-order valence-electron chi connectivity index (χ4n) is 2.53. The number of aryl methyl sites for hydroxylation is 1. The summed E-state index contributed by atoms with van der Waals surface area (Å²) >= 11 is 0. The minimum absolute atomic E-state index is 0.0610. The Morgan fingerprint density at radius 2 is 2.00 bits per heavy atom. The summed E-state index contributed by atoms with van der Waals surface area (Å²) < 4.78 is 5.29. The number of carbonyl (C=O) groups is 2. The summed E-state index contributed by atoms with van der Waals surface area (Å²) in [4.78, 5) is 30.6. The number of amides is 2. The molecule has 1 unspecified atom stereocenters. The first kappa shape index (κ1) is 15.5. The van der Waals surface area contributed by atoms with E-state index in [0.29, 0.717) is 38.0 Å². The fourth-order valence-corrected chi connectivity index (χ4v) is 2.53. The Balaban J connectivity index is 1.70. The van der Waals surface area contributed by atoms with Gasteiger partial charge < -0.3 is 15.0 Å². The number of aliphatic imine (C=N–C) groups is 1. The van der Waals surface area contributed by atoms with Crippen LogP contribution in [-0.2, 0) is 14.3 Å². The number of anilines is 1. The zero-order valence-corrected chi connectivity index (χ0v) is 13.0. The lowest BCUT2D eigenvalue weighted by Crippen LogP contribution is -2.53. The lowest BCUT2D eigenvalue weighted by atomic mass is 10.1. The molecule has 1 aromatic carbocycles. The molecule has 2 amide bonds. The number of ether oxygens (including phenoxy) is 1. The molecule has 7 heteroatoms. The molecule has 23 heavy (non-hydrogen) atoms. The van der Waals surface area contributed by atoms with E-state index in [9.17, 15) is 9.59 Å². The summed E-state index contributed by atoms with van der Waals surface area (Å²) in [6.07, 6.45) is 0.0610. The van der Waals surface area contributed by atoms with Gasteiger partial charge in [-0.1, -0.05) is 17.7 Å². The first-order valence-electron chi connectivity index (χ1n) is 7.70. The predicted octanol–water partition coefficient (Wildman–Crippen LogP) is 0.510. The Morgan fingerprint density at radius 1 is 1.30 bits per heavy atom. The molecule has 7 nitrogen and oxygen atoms in total. The normalized spacial score (nSPS) is 21.4. The highest BCUT2D eigenvalue weighted by atomic mass is 16.5. The number of guanidine groups is 1. The summed E-state index contributed by atoms with van der Waals surface area (Å²) in [6.45, 7) is 4.48. The van der Waals surface area contributed by atoms with Crippen LogP contribution in [0.5, 0.6) is 0 Å². The van der Waals surface area contributed by atoms with E-state index in [4.69, 9.17) is 4.74 Å². The standard InChI is InChI=1S/C16H20N4O3/c1-11-2-4-12(5-3-11)17-15(22)13-10-14(21)19-16(18-13)20-6-8-23-9-7-20/h2-5,13H,6-10H2,1H3,(H,17,22)(H,18,19,21). The van der Waals surface area contributed by atoms with Gasteiger partial charge in [0, 0.05) is 18.8 Å². The topological polar surface area (TPSA) is 83.0 Å². The maximum absolute atomic E-state index is 12.4. The Hall–Kier alpha value is -2.41. The minimum atomic E-state index is -0.706. The van der Waals surface area contributed by atoms with Gasteiger partial charge in [-0.25, -0.2) is 4.99 Å². The van der Waals surface area contributed by atoms with Crippen LogP contribution >= 0.6 is 0 Å². The molecule has 2 aliphatic heterocycles. The first-order chi connectivity index (χ1) is 11.1. The van der Waals surface area contributed by atoms with Gasteiger partial charge in [0.1, 0.15) is 6.04 Å². The number of hydrogen-bond donors (Lipinski definition) is 2. The number of morpholine rings is 1. The van der Waals surface area contributed by atoms with Crippen molar-refractivity contribution in [2.24, 2.45) is 4.99 Å². The van der Waals surface area contributed by atoms with Crippen molar-refractivity contribution < 1.29 is 14.3 Å². The summed E-state index contributed by atoms with van der Waals surface area (Å²) in [6, 6.07) is 6.81. The van der Waals surface area contributed by atoms with Gasteiger partial charge in [-0.15, -0.1) is 0 Å². The summed E-state index contributed by atoms with van der Waals surface area (Å²) in [5, 5.41) is 5.56. The zero-order valence-electron chi connectivity index (χ0n) is 13.0. The van der Waals surface area contributed by atoms with E-state index in [1.165, 1.54) is 0 Å². The van der Waals surface area contributed by atoms with Crippen LogP contribution in [0.2, 0.25) is 0 Å². The molecule has 2 heterocycles. The molecule has 0 saturated carbocycles. The van der Waals surface area contributed by atoms with Crippen LogP contribution in [0.3, 0.4) is 0 Å². The second-order valence-electron chi connectivity index (χ2n) is 5.68. The molecule has 1 aromatic rings. The van der Waals surface area contributed by atoms with Crippen molar-refractivity contribution >= 4 is 23.5 Å². The van der Waals surface area contributed by atoms with Crippen molar-refractivity contribution in [3.63, 3.8) is 0 Å². The quantitative estimate of drug-likeness (QED) is 0.833. The molecule has 0 bridgehead atoms. The monoisotopic (exact) mass is 316 g/mol. The number of hydrogen-bond acceptors (Lipinski definition) is 5. The molecule has 2 N–H and O–H groups in total. The minimum Gasteiger partial charge on any atom is -0.378 e. The lowest BCUT2D eigenvalue weighted by molar-refractivity contribution is -0.125. The Kier molecular flexibility index (Phi) is 4.57. The summed E-state index contributed by atoms with van der Waals surface area (Å²) in [7, 11) is 0. The molecular weight excluding hydrogens is 296 g/mol. The van der Waals surface area contributed by atoms with Gasteiger partial charge in [0.25, 0.3) is 0 Å². The van der Waals surface area contributed by atoms with Gasteiger partial charge in [-0.05, 0) is 19.1 Å². The van der Waals surface area contributed by atoms with Crippen LogP contribution in [-0.4, -0.2) is 55.0 Å². The van der Waals surface area contributed by atoms with E-state index in [0.717, 1.165) is 5.56 Å². The Morgan fingerprint density at radius 3 is 2.70 bits per heavy atom. The third kappa shape index (κ3) is 3.87. The molecule has 0 radical (unpaired) electrons. The van der Waals surface area contributed by atoms with Crippen molar-refractivity contribution in [2.45, 2.75) is 19.4 Å². The SMILES string of the molecule is Cc1ccc(NC(=O)C2CC(=O)NC(N3CCOCC3)=N2)cc1. The van der Waals surface area contributed by atoms with E-state index >= 15 is 0 Å². The number of rotatable bonds is 2. The molecular formula is C16H20N4O3. The third-order valence-corrected chi connectivity index (χ3v) is 3.84. The van der Waals surface area contributed by atoms with Gasteiger partial charge in [-0.3, -0.25) is 14.9 Å². The van der Waals surface area contributed by atoms with Gasteiger partial charge in [0.15, 0.2) is 0 Å². The van der Waals surface area contributed by atoms with Gasteiger partial charge >= 0.3 is 0 Å². The van der Waals surface area contributed by atoms with Crippen LogP contribution in [0.1, 0.15) is 12.0 Å². The van der Waals surface area contributed by atoms with Crippen LogP contribution in [0.4, 0.5) is 5.69 Å². The van der Waals surface area contributed by atoms with E-state index in [1.807, 2.05) is 36.1 Å². The Bertz CT molecular complexity index is 621. The van der Waals surface area contributed by atoms with Crippen molar-refractivity contribution in [3.8, 4) is 0 Å². The van der Waals surface area contributed by atoms with Gasteiger partial charge in [0.2, 0.25) is 17.8 Å². The molecule has 122 valence electrons. The largest absolute Gasteiger partial charge is 0.378 e. The highest BCUT2D eigenvalue weighted by molar-refractivity contribution is 6.05. The second kappa shape index (κ2) is 6.78. The van der Waals surface area contributed by atoms with E-state index in [2.05, 4.69) is 15.6 Å². The van der Waals surface area contributed by atoms with Gasteiger partial charge in [-0.2, -0.15) is 0 Å².